The molecule has 3 aliphatic rings. The first-order valence-corrected chi connectivity index (χ1v) is 13.9. The zero-order valence-electron chi connectivity index (χ0n) is 18.7. The Labute approximate surface area is 201 Å². The molecule has 2 aromatic rings. The predicted molar refractivity (Wildman–Crippen MR) is 111 cm³/mol. The van der Waals surface area contributed by atoms with Crippen LogP contribution in [0.3, 0.4) is 0 Å². The molecule has 5 rings (SSSR count). The van der Waals surface area contributed by atoms with Crippen LogP contribution in [0.4, 0.5) is 35.1 Å². The van der Waals surface area contributed by atoms with Crippen LogP contribution in [0.5, 0.6) is 0 Å². The minimum Gasteiger partial charge on any atom is -0.229 e. The Bertz CT molecular complexity index is 1450. The van der Waals surface area contributed by atoms with Gasteiger partial charge in [-0.25, -0.2) is 52.0 Å². The van der Waals surface area contributed by atoms with Crippen molar-refractivity contribution in [2.75, 3.05) is 6.26 Å². The molecular formula is C22H18F8O4S2. The summed E-state index contributed by atoms with van der Waals surface area (Å²) in [5.74, 6) is -19.0. The van der Waals surface area contributed by atoms with Crippen LogP contribution in [0.15, 0.2) is 4.90 Å². The maximum Gasteiger partial charge on any atom is 0.190 e. The van der Waals surface area contributed by atoms with Gasteiger partial charge < -0.3 is 0 Å². The molecule has 0 unspecified atom stereocenters. The molecule has 0 spiro atoms. The molecule has 0 saturated heterocycles. The molecule has 0 N–H and O–H groups in total. The maximum atomic E-state index is 15.1. The van der Waals surface area contributed by atoms with Crippen LogP contribution in [0.2, 0.25) is 0 Å². The molecule has 0 aromatic heterocycles. The molecule has 2 aromatic carbocycles. The first-order valence-electron chi connectivity index (χ1n) is 10.6. The number of hydrogen-bond acceptors (Lipinski definition) is 4. The summed E-state index contributed by atoms with van der Waals surface area (Å²) in [4.78, 5) is -2.04. The average molecular weight is 563 g/mol. The van der Waals surface area contributed by atoms with E-state index >= 15 is 8.78 Å². The molecule has 0 aliphatic heterocycles. The van der Waals surface area contributed by atoms with Crippen LogP contribution in [0, 0.1) is 53.5 Å². The van der Waals surface area contributed by atoms with Crippen molar-refractivity contribution in [2.24, 2.45) is 0 Å². The van der Waals surface area contributed by atoms with Crippen LogP contribution in [-0.4, -0.2) is 32.6 Å². The van der Waals surface area contributed by atoms with E-state index in [1.165, 1.54) is 0 Å². The fourth-order valence-corrected chi connectivity index (χ4v) is 8.94. The van der Waals surface area contributed by atoms with Crippen LogP contribution in [0.25, 0.3) is 11.1 Å². The van der Waals surface area contributed by atoms with Crippen molar-refractivity contribution in [1.82, 2.24) is 0 Å². The quantitative estimate of drug-likeness (QED) is 0.368. The fourth-order valence-electron chi connectivity index (χ4n) is 5.32. The lowest BCUT2D eigenvalue weighted by molar-refractivity contribution is 0.210. The summed E-state index contributed by atoms with van der Waals surface area (Å²) in [6, 6.07) is 0. The first-order chi connectivity index (χ1) is 16.4. The second-order valence-electron chi connectivity index (χ2n) is 9.36. The van der Waals surface area contributed by atoms with E-state index in [0.717, 1.165) is 6.26 Å². The third kappa shape index (κ3) is 3.35. The summed E-state index contributed by atoms with van der Waals surface area (Å²) in [5, 5.41) is 0. The largest absolute Gasteiger partial charge is 0.229 e. The van der Waals surface area contributed by atoms with Crippen molar-refractivity contribution in [3.05, 3.63) is 52.1 Å². The topological polar surface area (TPSA) is 68.3 Å². The highest BCUT2D eigenvalue weighted by molar-refractivity contribution is 7.93. The monoisotopic (exact) mass is 562 g/mol. The van der Waals surface area contributed by atoms with Crippen LogP contribution >= 0.6 is 0 Å². The second kappa shape index (κ2) is 8.14. The number of benzene rings is 2. The minimum atomic E-state index is -5.22. The summed E-state index contributed by atoms with van der Waals surface area (Å²) >= 11 is 0. The van der Waals surface area contributed by atoms with Crippen molar-refractivity contribution in [3.8, 4) is 11.1 Å². The van der Waals surface area contributed by atoms with Crippen LogP contribution < -0.4 is 0 Å². The van der Waals surface area contributed by atoms with Crippen molar-refractivity contribution in [2.45, 2.75) is 59.8 Å². The predicted octanol–water partition coefficient (Wildman–Crippen LogP) is 5.44. The van der Waals surface area contributed by atoms with Crippen molar-refractivity contribution in [1.29, 1.82) is 0 Å². The molecule has 3 saturated carbocycles. The number of rotatable bonds is 4. The number of hydrogen-bond donors (Lipinski definition) is 0. The third-order valence-corrected chi connectivity index (χ3v) is 12.5. The Morgan fingerprint density at radius 3 is 1.17 bits per heavy atom. The lowest BCUT2D eigenvalue weighted by atomic mass is 9.69. The Morgan fingerprint density at radius 1 is 0.528 bits per heavy atom. The van der Waals surface area contributed by atoms with Crippen LogP contribution in [0.1, 0.15) is 44.1 Å². The third-order valence-electron chi connectivity index (χ3n) is 7.69. The SMILES string of the molecule is Cc1c(F)c(F)c(-c2c(F)c(F)c(S(=O)(=O)C34CCC(S(C)(=O)=O)(CC3)CC4)c(F)c2F)c(F)c1F. The van der Waals surface area contributed by atoms with Crippen molar-refractivity contribution < 1.29 is 52.0 Å². The molecule has 0 radical (unpaired) electrons. The highest BCUT2D eigenvalue weighted by Gasteiger charge is 2.60. The number of fused-ring (bicyclic) bond motifs is 3. The molecule has 0 amide bonds. The van der Waals surface area contributed by atoms with E-state index in [-0.39, 0.29) is 38.5 Å². The number of halogens is 8. The zero-order valence-corrected chi connectivity index (χ0v) is 20.3. The van der Waals surface area contributed by atoms with E-state index in [1.54, 1.807) is 0 Å². The molecule has 3 aliphatic carbocycles. The second-order valence-corrected chi connectivity index (χ2v) is 14.0. The molecule has 2 bridgehead atoms. The Balaban J connectivity index is 1.92. The molecule has 0 heterocycles. The van der Waals surface area contributed by atoms with Crippen molar-refractivity contribution in [3.63, 3.8) is 0 Å². The Kier molecular flexibility index (Phi) is 6.07. The van der Waals surface area contributed by atoms with Crippen molar-refractivity contribution >= 4 is 19.7 Å². The smallest absolute Gasteiger partial charge is 0.190 e. The standard InChI is InChI=1S/C22H18F8O4S2/c1-9-12(23)14(25)10(15(26)13(9)24)11-16(27)18(29)20(19(30)17(11)28)36(33,34)22-6-3-21(4-7-22,5-8-22)35(2,31)32/h3-8H2,1-2H3. The highest BCUT2D eigenvalue weighted by Crippen LogP contribution is 2.56. The summed E-state index contributed by atoms with van der Waals surface area (Å²) in [6.07, 6.45) is -0.642. The molecule has 14 heteroatoms. The lowest BCUT2D eigenvalue weighted by Gasteiger charge is -2.51. The highest BCUT2D eigenvalue weighted by atomic mass is 32.2. The van der Waals surface area contributed by atoms with E-state index in [0.29, 0.717) is 6.92 Å². The van der Waals surface area contributed by atoms with Gasteiger partial charge in [-0.05, 0) is 45.4 Å². The molecule has 3 fully saturated rings. The van der Waals surface area contributed by atoms with Gasteiger partial charge in [0.2, 0.25) is 0 Å². The van der Waals surface area contributed by atoms with Crippen LogP contribution in [-0.2, 0) is 19.7 Å². The van der Waals surface area contributed by atoms with Gasteiger partial charge in [0.15, 0.2) is 66.2 Å². The van der Waals surface area contributed by atoms with Gasteiger partial charge in [0.1, 0.15) is 4.90 Å². The van der Waals surface area contributed by atoms with Gasteiger partial charge in [-0.15, -0.1) is 0 Å². The average Bonchev–Trinajstić information content (AvgIpc) is 2.82. The van der Waals surface area contributed by atoms with Gasteiger partial charge in [-0.2, -0.15) is 0 Å². The van der Waals surface area contributed by atoms with Gasteiger partial charge in [0, 0.05) is 11.8 Å². The van der Waals surface area contributed by atoms with Gasteiger partial charge in [-0.3, -0.25) is 0 Å². The first kappa shape index (κ1) is 26.8. The molecule has 36 heavy (non-hydrogen) atoms. The summed E-state index contributed by atoms with van der Waals surface area (Å²) < 4.78 is 165. The fraction of sp³-hybridized carbons (Fsp3) is 0.455. The Hall–Kier alpha value is -2.22. The minimum absolute atomic E-state index is 0.171. The van der Waals surface area contributed by atoms with Gasteiger partial charge >= 0.3 is 0 Å². The lowest BCUT2D eigenvalue weighted by Crippen LogP contribution is -2.56. The Morgan fingerprint density at radius 2 is 0.833 bits per heavy atom. The van der Waals surface area contributed by atoms with E-state index < -0.39 is 97.3 Å². The van der Waals surface area contributed by atoms with E-state index in [9.17, 15) is 43.2 Å². The van der Waals surface area contributed by atoms with Gasteiger partial charge in [0.25, 0.3) is 0 Å². The van der Waals surface area contributed by atoms with E-state index in [4.69, 9.17) is 0 Å². The number of sulfone groups is 2. The molecule has 4 nitrogen and oxygen atoms in total. The zero-order chi connectivity index (χ0) is 27.2. The molecular weight excluding hydrogens is 544 g/mol. The summed E-state index contributed by atoms with van der Waals surface area (Å²) in [5.41, 5.74) is -5.44. The molecule has 198 valence electrons. The normalized spacial score (nSPS) is 24.4. The van der Waals surface area contributed by atoms with Gasteiger partial charge in [-0.1, -0.05) is 0 Å². The van der Waals surface area contributed by atoms with E-state index in [2.05, 4.69) is 0 Å². The molecule has 0 atom stereocenters. The van der Waals surface area contributed by atoms with Gasteiger partial charge in [0.05, 0.1) is 20.6 Å². The summed E-state index contributed by atoms with van der Waals surface area (Å²) in [7, 11) is -8.83. The summed E-state index contributed by atoms with van der Waals surface area (Å²) in [6.45, 7) is 0.607. The van der Waals surface area contributed by atoms with E-state index in [1.807, 2.05) is 0 Å². The maximum absolute atomic E-state index is 15.1.